The van der Waals surface area contributed by atoms with E-state index in [4.69, 9.17) is 9.47 Å². The lowest BCUT2D eigenvalue weighted by Crippen LogP contribution is -1.94. The third kappa shape index (κ3) is 3.41. The van der Waals surface area contributed by atoms with Crippen LogP contribution in [0.2, 0.25) is 0 Å². The van der Waals surface area contributed by atoms with Crippen molar-refractivity contribution in [1.82, 2.24) is 0 Å². The predicted octanol–water partition coefficient (Wildman–Crippen LogP) is 4.57. The number of methoxy groups -OCH3 is 1. The van der Waals surface area contributed by atoms with Crippen molar-refractivity contribution >= 4 is 10.8 Å². The van der Waals surface area contributed by atoms with Gasteiger partial charge in [-0.05, 0) is 40.1 Å². The van der Waals surface area contributed by atoms with Gasteiger partial charge in [0.1, 0.15) is 5.75 Å². The van der Waals surface area contributed by atoms with Crippen molar-refractivity contribution < 1.29 is 9.47 Å². The van der Waals surface area contributed by atoms with E-state index in [9.17, 15) is 0 Å². The first-order valence-electron chi connectivity index (χ1n) is 7.03. The molecule has 2 heteroatoms. The Hall–Kier alpha value is -2.32. The van der Waals surface area contributed by atoms with Crippen molar-refractivity contribution in [3.8, 4) is 5.75 Å². The minimum absolute atomic E-state index is 0.622. The van der Waals surface area contributed by atoms with E-state index in [0.717, 1.165) is 5.75 Å². The highest BCUT2D eigenvalue weighted by Gasteiger charge is 2.00. The van der Waals surface area contributed by atoms with Gasteiger partial charge in [0.2, 0.25) is 0 Å². The van der Waals surface area contributed by atoms with Crippen molar-refractivity contribution in [2.45, 2.75) is 13.2 Å². The molecule has 0 radical (unpaired) electrons. The molecule has 0 unspecified atom stereocenters. The van der Waals surface area contributed by atoms with Gasteiger partial charge in [-0.15, -0.1) is 0 Å². The maximum atomic E-state index is 5.77. The molecule has 0 fully saturated rings. The van der Waals surface area contributed by atoms with Crippen molar-refractivity contribution in [2.24, 2.45) is 0 Å². The zero-order chi connectivity index (χ0) is 14.5. The largest absolute Gasteiger partial charge is 0.497 e. The van der Waals surface area contributed by atoms with Gasteiger partial charge < -0.3 is 9.47 Å². The summed E-state index contributed by atoms with van der Waals surface area (Å²) in [5.41, 5.74) is 2.38. The standard InChI is InChI=1S/C19H18O2/c1-20-19-10-9-17-11-16(7-8-18(17)12-19)14-21-13-15-5-3-2-4-6-15/h2-12H,13-14H2,1H3. The molecule has 0 aromatic heterocycles. The van der Waals surface area contributed by atoms with Gasteiger partial charge >= 0.3 is 0 Å². The number of fused-ring (bicyclic) bond motifs is 1. The Labute approximate surface area is 124 Å². The second-order valence-corrected chi connectivity index (χ2v) is 5.03. The highest BCUT2D eigenvalue weighted by molar-refractivity contribution is 5.84. The molecule has 2 nitrogen and oxygen atoms in total. The van der Waals surface area contributed by atoms with E-state index >= 15 is 0 Å². The topological polar surface area (TPSA) is 18.5 Å². The number of hydrogen-bond acceptors (Lipinski definition) is 2. The molecule has 0 aliphatic heterocycles. The summed E-state index contributed by atoms with van der Waals surface area (Å²) in [6, 6.07) is 22.7. The van der Waals surface area contributed by atoms with Gasteiger partial charge in [-0.3, -0.25) is 0 Å². The van der Waals surface area contributed by atoms with Crippen LogP contribution in [0.25, 0.3) is 10.8 Å². The average molecular weight is 278 g/mol. The van der Waals surface area contributed by atoms with Crippen LogP contribution >= 0.6 is 0 Å². The SMILES string of the molecule is COc1ccc2cc(COCc3ccccc3)ccc2c1. The molecule has 0 atom stereocenters. The van der Waals surface area contributed by atoms with Crippen LogP contribution in [0.3, 0.4) is 0 Å². The zero-order valence-electron chi connectivity index (χ0n) is 12.1. The molecule has 3 rings (SSSR count). The molecule has 106 valence electrons. The monoisotopic (exact) mass is 278 g/mol. The summed E-state index contributed by atoms with van der Waals surface area (Å²) in [5, 5.41) is 2.39. The Morgan fingerprint density at radius 3 is 2.24 bits per heavy atom. The molecule has 0 heterocycles. The molecular formula is C19H18O2. The van der Waals surface area contributed by atoms with E-state index in [-0.39, 0.29) is 0 Å². The fourth-order valence-electron chi connectivity index (χ4n) is 2.35. The van der Waals surface area contributed by atoms with Gasteiger partial charge in [0.25, 0.3) is 0 Å². The van der Waals surface area contributed by atoms with Crippen LogP contribution in [0, 0.1) is 0 Å². The molecule has 3 aromatic carbocycles. The van der Waals surface area contributed by atoms with Crippen molar-refractivity contribution in [3.63, 3.8) is 0 Å². The number of ether oxygens (including phenoxy) is 2. The maximum absolute atomic E-state index is 5.77. The van der Waals surface area contributed by atoms with Gasteiger partial charge in [0.05, 0.1) is 20.3 Å². The average Bonchev–Trinajstić information content (AvgIpc) is 2.55. The summed E-state index contributed by atoms with van der Waals surface area (Å²) in [6.07, 6.45) is 0. The predicted molar refractivity (Wildman–Crippen MR) is 85.4 cm³/mol. The quantitative estimate of drug-likeness (QED) is 0.681. The fraction of sp³-hybridized carbons (Fsp3) is 0.158. The molecule has 21 heavy (non-hydrogen) atoms. The number of benzene rings is 3. The second-order valence-electron chi connectivity index (χ2n) is 5.03. The van der Waals surface area contributed by atoms with Gasteiger partial charge in [-0.2, -0.15) is 0 Å². The van der Waals surface area contributed by atoms with Crippen LogP contribution in [0.5, 0.6) is 5.75 Å². The molecule has 0 saturated carbocycles. The Bertz CT molecular complexity index is 720. The van der Waals surface area contributed by atoms with E-state index < -0.39 is 0 Å². The van der Waals surface area contributed by atoms with Crippen LogP contribution in [0.15, 0.2) is 66.7 Å². The van der Waals surface area contributed by atoms with Crippen LogP contribution in [0.4, 0.5) is 0 Å². The molecular weight excluding hydrogens is 260 g/mol. The summed E-state index contributed by atoms with van der Waals surface area (Å²) in [5.74, 6) is 0.885. The molecule has 3 aromatic rings. The normalized spacial score (nSPS) is 10.7. The molecule has 0 saturated heterocycles. The Morgan fingerprint density at radius 2 is 1.43 bits per heavy atom. The zero-order valence-corrected chi connectivity index (χ0v) is 12.1. The molecule has 0 amide bonds. The van der Waals surface area contributed by atoms with Crippen LogP contribution < -0.4 is 4.74 Å². The van der Waals surface area contributed by atoms with Crippen LogP contribution in [0.1, 0.15) is 11.1 Å². The lowest BCUT2D eigenvalue weighted by Gasteiger charge is -2.07. The van der Waals surface area contributed by atoms with Gasteiger partial charge in [-0.25, -0.2) is 0 Å². The third-order valence-electron chi connectivity index (χ3n) is 3.49. The molecule has 0 aliphatic rings. The molecule has 0 N–H and O–H groups in total. The van der Waals surface area contributed by atoms with Crippen LogP contribution in [-0.2, 0) is 18.0 Å². The highest BCUT2D eigenvalue weighted by atomic mass is 16.5. The van der Waals surface area contributed by atoms with Gasteiger partial charge in [0, 0.05) is 0 Å². The Kier molecular flexibility index (Phi) is 4.17. The minimum atomic E-state index is 0.622. The lowest BCUT2D eigenvalue weighted by atomic mass is 10.1. The van der Waals surface area contributed by atoms with E-state index in [2.05, 4.69) is 36.4 Å². The first-order chi connectivity index (χ1) is 10.3. The van der Waals surface area contributed by atoms with Gasteiger partial charge in [0.15, 0.2) is 0 Å². The summed E-state index contributed by atoms with van der Waals surface area (Å²) >= 11 is 0. The highest BCUT2D eigenvalue weighted by Crippen LogP contribution is 2.22. The summed E-state index contributed by atoms with van der Waals surface area (Å²) in [7, 11) is 1.69. The minimum Gasteiger partial charge on any atom is -0.497 e. The summed E-state index contributed by atoms with van der Waals surface area (Å²) in [4.78, 5) is 0. The molecule has 0 bridgehead atoms. The van der Waals surface area contributed by atoms with E-state index in [0.29, 0.717) is 13.2 Å². The third-order valence-corrected chi connectivity index (χ3v) is 3.49. The van der Waals surface area contributed by atoms with E-state index in [1.807, 2.05) is 30.3 Å². The summed E-state index contributed by atoms with van der Waals surface area (Å²) < 4.78 is 11.0. The number of rotatable bonds is 5. The van der Waals surface area contributed by atoms with Crippen molar-refractivity contribution in [2.75, 3.05) is 7.11 Å². The van der Waals surface area contributed by atoms with E-state index in [1.54, 1.807) is 7.11 Å². The first kappa shape index (κ1) is 13.7. The van der Waals surface area contributed by atoms with Gasteiger partial charge in [-0.1, -0.05) is 48.5 Å². The summed E-state index contributed by atoms with van der Waals surface area (Å²) in [6.45, 7) is 1.26. The van der Waals surface area contributed by atoms with Crippen molar-refractivity contribution in [3.05, 3.63) is 77.9 Å². The lowest BCUT2D eigenvalue weighted by molar-refractivity contribution is 0.107. The molecule has 0 spiro atoms. The number of hydrogen-bond donors (Lipinski definition) is 0. The smallest absolute Gasteiger partial charge is 0.119 e. The first-order valence-corrected chi connectivity index (χ1v) is 7.03. The Morgan fingerprint density at radius 1 is 0.714 bits per heavy atom. The second kappa shape index (κ2) is 6.42. The Balaban J connectivity index is 1.67. The van der Waals surface area contributed by atoms with Crippen molar-refractivity contribution in [1.29, 1.82) is 0 Å². The van der Waals surface area contributed by atoms with E-state index in [1.165, 1.54) is 21.9 Å². The molecule has 0 aliphatic carbocycles. The maximum Gasteiger partial charge on any atom is 0.119 e. The van der Waals surface area contributed by atoms with Crippen LogP contribution in [-0.4, -0.2) is 7.11 Å². The fourth-order valence-corrected chi connectivity index (χ4v) is 2.35.